The smallest absolute Gasteiger partial charge is 0.426 e. The molecule has 0 fully saturated rings. The molecule has 602 valence electrons. The number of aromatic amines is 2. The van der Waals surface area contributed by atoms with Crippen LogP contribution in [0.3, 0.4) is 0 Å². The average Bonchev–Trinajstić information content (AvgIpc) is 1.59. The molecule has 16 aromatic carbocycles. The molecule has 2 aliphatic heterocycles. The molecule has 20 heteroatoms. The second kappa shape index (κ2) is 35.8. The fourth-order valence-electron chi connectivity index (χ4n) is 16.3. The third-order valence-corrected chi connectivity index (χ3v) is 22.6. The molecule has 0 radical (unpaired) electrons. The zero-order chi connectivity index (χ0) is 85.3. The van der Waals surface area contributed by atoms with Crippen molar-refractivity contribution in [2.45, 2.75) is 0 Å². The van der Waals surface area contributed by atoms with Crippen LogP contribution in [0.25, 0.3) is 89.7 Å². The molecule has 2 N–H and O–H groups in total. The van der Waals surface area contributed by atoms with Gasteiger partial charge in [0.05, 0.1) is 22.7 Å². The van der Waals surface area contributed by atoms with Gasteiger partial charge in [0.1, 0.15) is 45.6 Å². The molecule has 0 atom stereocenters. The molecular weight excluding hydrogens is 1570 g/mol. The van der Waals surface area contributed by atoms with E-state index >= 15 is 0 Å². The lowest BCUT2D eigenvalue weighted by Crippen LogP contribution is -2.47. The van der Waals surface area contributed by atoms with Crippen molar-refractivity contribution in [3.05, 3.63) is 435 Å². The van der Waals surface area contributed by atoms with Gasteiger partial charge in [-0.15, -0.1) is 0 Å². The van der Waals surface area contributed by atoms with Crippen LogP contribution in [-0.4, -0.2) is 92.4 Å². The van der Waals surface area contributed by atoms with Gasteiger partial charge in [-0.3, -0.25) is 20.0 Å². The first kappa shape index (κ1) is 78.3. The summed E-state index contributed by atoms with van der Waals surface area (Å²) in [7, 11) is 0. The Bertz CT molecular complexity index is 7010. The van der Waals surface area contributed by atoms with Crippen molar-refractivity contribution in [3.8, 4) is 68.5 Å². The highest BCUT2D eigenvalue weighted by atomic mass is 16.4. The van der Waals surface area contributed by atoms with Crippen molar-refractivity contribution in [3.63, 3.8) is 0 Å². The Labute approximate surface area is 740 Å². The summed E-state index contributed by atoms with van der Waals surface area (Å²) in [5.74, 6) is 4.19. The lowest BCUT2D eigenvalue weighted by Gasteiger charge is -2.18. The summed E-state index contributed by atoms with van der Waals surface area (Å²) in [5, 5.41) is 2.91. The first-order valence-electron chi connectivity index (χ1n) is 42.4. The van der Waals surface area contributed by atoms with E-state index in [0.717, 1.165) is 76.7 Å². The minimum atomic E-state index is -0.391. The maximum atomic E-state index is 6.99. The van der Waals surface area contributed by atoms with E-state index in [2.05, 4.69) is 107 Å². The molecule has 128 heavy (non-hydrogen) atoms. The summed E-state index contributed by atoms with van der Waals surface area (Å²) in [6, 6.07) is 138. The van der Waals surface area contributed by atoms with Gasteiger partial charge in [0.15, 0.2) is 23.3 Å². The quantitative estimate of drug-likeness (QED) is 0.0434. The van der Waals surface area contributed by atoms with Crippen molar-refractivity contribution < 1.29 is 18.6 Å². The first-order valence-corrected chi connectivity index (χ1v) is 42.4. The number of para-hydroxylation sites is 4. The second-order valence-electron chi connectivity index (χ2n) is 31.0. The van der Waals surface area contributed by atoms with Gasteiger partial charge in [0.25, 0.3) is 0 Å². The predicted molar refractivity (Wildman–Crippen MR) is 525 cm³/mol. The fraction of sp³-hybridized carbons (Fsp3) is 0. The Kier molecular flexibility index (Phi) is 21.9. The van der Waals surface area contributed by atoms with E-state index in [9.17, 15) is 0 Å². The normalized spacial score (nSPS) is 11.6. The van der Waals surface area contributed by atoms with Crippen LogP contribution in [0.15, 0.2) is 432 Å². The number of nitrogens with zero attached hydrogens (tertiary/aromatic N) is 10. The third kappa shape index (κ3) is 16.8. The van der Waals surface area contributed by atoms with Crippen LogP contribution >= 0.6 is 0 Å². The highest BCUT2D eigenvalue weighted by Gasteiger charge is 2.31. The van der Waals surface area contributed by atoms with E-state index in [1.807, 2.05) is 340 Å². The van der Waals surface area contributed by atoms with Crippen molar-refractivity contribution in [1.82, 2.24) is 39.9 Å². The van der Waals surface area contributed by atoms with Gasteiger partial charge in [-0.1, -0.05) is 291 Å². The summed E-state index contributed by atoms with van der Waals surface area (Å²) >= 11 is 0. The zero-order valence-electron chi connectivity index (χ0n) is 69.0. The number of fused-ring (bicyclic) bond motifs is 20. The number of nitrogens with one attached hydrogen (secondary N) is 2. The van der Waals surface area contributed by atoms with E-state index in [4.69, 9.17) is 68.5 Å². The van der Waals surface area contributed by atoms with Gasteiger partial charge < -0.3 is 28.6 Å². The molecule has 0 unspecified atom stereocenters. The zero-order valence-corrected chi connectivity index (χ0v) is 69.0. The van der Waals surface area contributed by atoms with Gasteiger partial charge in [-0.05, 0) is 165 Å². The van der Waals surface area contributed by atoms with Crippen LogP contribution in [0.5, 0.6) is 23.0 Å². The van der Waals surface area contributed by atoms with Crippen LogP contribution < -0.4 is 62.3 Å². The maximum Gasteiger partial charge on any atom is 0.426 e. The highest BCUT2D eigenvalue weighted by molar-refractivity contribution is 6.82. The van der Waals surface area contributed by atoms with Gasteiger partial charge >= 0.3 is 27.7 Å². The molecule has 16 nitrogen and oxygen atoms in total. The molecule has 19 aromatic rings. The number of benzene rings is 16. The van der Waals surface area contributed by atoms with Crippen LogP contribution in [0.4, 0.5) is 22.7 Å². The van der Waals surface area contributed by atoms with Crippen LogP contribution in [0, 0.1) is 0 Å². The molecule has 8 bridgehead atoms. The Morgan fingerprint density at radius 2 is 0.406 bits per heavy atom. The SMILES string of the molecule is C(=Nc1ccc2c(c1)-c1nc-2nc2[nH]c(nc3nc(nc4[nH]c(n1)c1ccc(N=Cc5ccccc5OB(c5ccccc5)c5ccccc5)cc41)-c1ccc(N=Cc4ccccc4OB(c4ccccc4)c4ccccc4)cc1-3)c1ccc(N=Cc3ccccc3OB(c3ccccc3)c3ccccc3)cc21)c1ccccc1OB(c1ccccc1)c1ccccc1. The number of hydrogen-bond acceptors (Lipinski definition) is 14. The number of rotatable bonds is 24. The largest absolute Gasteiger partial charge is 0.551 e. The van der Waals surface area contributed by atoms with Gasteiger partial charge in [0, 0.05) is 90.9 Å². The van der Waals surface area contributed by atoms with Crippen molar-refractivity contribution in [1.29, 1.82) is 0 Å². The van der Waals surface area contributed by atoms with Crippen molar-refractivity contribution in [2.24, 2.45) is 20.0 Å². The van der Waals surface area contributed by atoms with Crippen molar-refractivity contribution in [2.75, 3.05) is 0 Å². The molecular formula is C108H74B4N12O4. The predicted octanol–water partition coefficient (Wildman–Crippen LogP) is 18.6. The van der Waals surface area contributed by atoms with Gasteiger partial charge in [-0.25, -0.2) is 29.9 Å². The Hall–Kier alpha value is -17.0. The average molecular weight is 1650 g/mol. The summed E-state index contributed by atoms with van der Waals surface area (Å²) in [6.07, 6.45) is 7.37. The minimum Gasteiger partial charge on any atom is -0.551 e. The van der Waals surface area contributed by atoms with E-state index in [0.29, 0.717) is 125 Å². The number of hydrogen-bond donors (Lipinski definition) is 2. The third-order valence-electron chi connectivity index (χ3n) is 22.6. The van der Waals surface area contributed by atoms with E-state index in [1.54, 1.807) is 0 Å². The molecule has 21 rings (SSSR count). The van der Waals surface area contributed by atoms with Gasteiger partial charge in [0.2, 0.25) is 0 Å². The minimum absolute atomic E-state index is 0.375. The first-order chi connectivity index (χ1) is 63.4. The van der Waals surface area contributed by atoms with E-state index in [1.165, 1.54) is 0 Å². The molecule has 0 saturated carbocycles. The topological polar surface area (TPSA) is 195 Å². The molecule has 2 aliphatic rings. The molecule has 0 amide bonds. The second-order valence-corrected chi connectivity index (χ2v) is 31.0. The van der Waals surface area contributed by atoms with Crippen LogP contribution in [0.2, 0.25) is 0 Å². The molecule has 5 heterocycles. The molecule has 3 aromatic heterocycles. The van der Waals surface area contributed by atoms with Crippen LogP contribution in [-0.2, 0) is 0 Å². The van der Waals surface area contributed by atoms with Crippen molar-refractivity contribution >= 4 is 163 Å². The van der Waals surface area contributed by atoms with E-state index < -0.39 is 27.7 Å². The fourth-order valence-corrected chi connectivity index (χ4v) is 16.3. The lowest BCUT2D eigenvalue weighted by atomic mass is 9.55. The Morgan fingerprint density at radius 1 is 0.195 bits per heavy atom. The lowest BCUT2D eigenvalue weighted by molar-refractivity contribution is 0.590. The van der Waals surface area contributed by atoms with E-state index in [-0.39, 0.29) is 0 Å². The maximum absolute atomic E-state index is 6.99. The number of H-pyrrole nitrogens is 2. The Balaban J connectivity index is 0.722. The standard InChI is InChI=1S/C108H74B4N12O4/c1-9-37-77(38-10-1)109(78-39-11-2-12-40-78)125-97-53-29-25-33-73(97)69-113-85-57-61-89-93(65-85)105-117-101(89)122-106-95-67-87(115-71-75-35-27-31-55-99(75)127-111(81-45-17-5-18-46-81)82-47-19-6-20-48-82)59-63-91(95)103(119-106)124-108-96-68-88(116-72-76-36-28-32-56-100(76)128-112(83-49-21-7-22-50-83)84-51-23-8-24-52-84)60-64-92(96)104(120-108)123-107-94-66-86(58-62-90(94)102(118-107)121-105)114-70-74-34-26-30-54-98(74)126-110(79-41-13-3-14-42-79)80-43-15-4-16-44-80/h1-72H,(H2,117,118,119,120,121,122,123,124). The Morgan fingerprint density at radius 3 is 0.664 bits per heavy atom. The molecule has 0 saturated heterocycles. The molecule has 0 spiro atoms. The van der Waals surface area contributed by atoms with Crippen LogP contribution in [0.1, 0.15) is 22.3 Å². The summed E-state index contributed by atoms with van der Waals surface area (Å²) in [6.45, 7) is -1.56. The monoisotopic (exact) mass is 1650 g/mol. The molecule has 0 aliphatic carbocycles. The summed E-state index contributed by atoms with van der Waals surface area (Å²) < 4.78 is 28.0. The summed E-state index contributed by atoms with van der Waals surface area (Å²) in [5.41, 5.74) is 18.5. The highest BCUT2D eigenvalue weighted by Crippen LogP contribution is 2.41. The number of aromatic nitrogens is 8. The number of aliphatic imine (C=N–C) groups is 4. The van der Waals surface area contributed by atoms with Gasteiger partial charge in [-0.2, -0.15) is 0 Å². The summed E-state index contributed by atoms with van der Waals surface area (Å²) in [4.78, 5) is 61.2.